The Morgan fingerprint density at radius 2 is 2.05 bits per heavy atom. The number of amides is 1. The quantitative estimate of drug-likeness (QED) is 0.772. The second-order valence-corrected chi connectivity index (χ2v) is 5.76. The fourth-order valence-electron chi connectivity index (χ4n) is 2.24. The summed E-state index contributed by atoms with van der Waals surface area (Å²) in [6.07, 6.45) is 3.25. The van der Waals surface area contributed by atoms with Crippen molar-refractivity contribution in [2.75, 3.05) is 5.32 Å². The van der Waals surface area contributed by atoms with Crippen molar-refractivity contribution in [2.45, 2.75) is 13.8 Å². The van der Waals surface area contributed by atoms with Crippen molar-refractivity contribution < 1.29 is 4.79 Å². The SMILES string of the molecule is Cc1ccnc(NC(=O)c2c(C)nc3c(Cl)cc(Cl)cn23)c1. The van der Waals surface area contributed by atoms with Crippen LogP contribution in [-0.2, 0) is 0 Å². The summed E-state index contributed by atoms with van der Waals surface area (Å²) in [5.74, 6) is 0.161. The molecule has 5 nitrogen and oxygen atoms in total. The molecule has 3 aromatic heterocycles. The van der Waals surface area contributed by atoms with Gasteiger partial charge in [-0.2, -0.15) is 0 Å². The Labute approximate surface area is 136 Å². The van der Waals surface area contributed by atoms with Crippen molar-refractivity contribution in [3.05, 3.63) is 57.6 Å². The second kappa shape index (κ2) is 5.59. The summed E-state index contributed by atoms with van der Waals surface area (Å²) in [5.41, 5.74) is 2.44. The zero-order valence-electron chi connectivity index (χ0n) is 11.9. The van der Waals surface area contributed by atoms with Gasteiger partial charge in [0.2, 0.25) is 0 Å². The normalized spacial score (nSPS) is 10.9. The summed E-state index contributed by atoms with van der Waals surface area (Å²) >= 11 is 12.1. The van der Waals surface area contributed by atoms with E-state index in [0.717, 1.165) is 5.56 Å². The van der Waals surface area contributed by atoms with Gasteiger partial charge < -0.3 is 5.32 Å². The van der Waals surface area contributed by atoms with Crippen LogP contribution in [0.15, 0.2) is 30.6 Å². The van der Waals surface area contributed by atoms with Gasteiger partial charge in [-0.15, -0.1) is 0 Å². The zero-order chi connectivity index (χ0) is 15.9. The summed E-state index contributed by atoms with van der Waals surface area (Å²) < 4.78 is 1.59. The number of nitrogens with one attached hydrogen (secondary N) is 1. The highest BCUT2D eigenvalue weighted by Crippen LogP contribution is 2.24. The predicted octanol–water partition coefficient (Wildman–Crippen LogP) is 3.91. The summed E-state index contributed by atoms with van der Waals surface area (Å²) in [5, 5.41) is 3.58. The smallest absolute Gasteiger partial charge is 0.275 e. The number of hydrogen-bond acceptors (Lipinski definition) is 3. The van der Waals surface area contributed by atoms with Gasteiger partial charge in [0.15, 0.2) is 5.65 Å². The Morgan fingerprint density at radius 3 is 2.77 bits per heavy atom. The van der Waals surface area contributed by atoms with E-state index in [2.05, 4.69) is 15.3 Å². The minimum Gasteiger partial charge on any atom is -0.305 e. The van der Waals surface area contributed by atoms with E-state index in [0.29, 0.717) is 32.9 Å². The van der Waals surface area contributed by atoms with Crippen LogP contribution in [0.1, 0.15) is 21.7 Å². The fourth-order valence-corrected chi connectivity index (χ4v) is 2.75. The van der Waals surface area contributed by atoms with Crippen LogP contribution >= 0.6 is 23.2 Å². The van der Waals surface area contributed by atoms with Gasteiger partial charge in [0, 0.05) is 12.4 Å². The Kier molecular flexibility index (Phi) is 3.76. The minimum atomic E-state index is -0.318. The Hall–Kier alpha value is -2.11. The van der Waals surface area contributed by atoms with Gasteiger partial charge in [0.05, 0.1) is 15.7 Å². The molecule has 7 heteroatoms. The number of pyridine rings is 2. The number of rotatable bonds is 2. The van der Waals surface area contributed by atoms with Gasteiger partial charge in [-0.1, -0.05) is 23.2 Å². The third-order valence-corrected chi connectivity index (χ3v) is 3.67. The molecule has 0 unspecified atom stereocenters. The van der Waals surface area contributed by atoms with E-state index in [4.69, 9.17) is 23.2 Å². The molecule has 0 spiro atoms. The number of aromatic nitrogens is 3. The second-order valence-electron chi connectivity index (χ2n) is 4.92. The van der Waals surface area contributed by atoms with Crippen molar-refractivity contribution in [1.82, 2.24) is 14.4 Å². The van der Waals surface area contributed by atoms with Gasteiger partial charge >= 0.3 is 0 Å². The van der Waals surface area contributed by atoms with Gasteiger partial charge in [-0.3, -0.25) is 9.20 Å². The number of imidazole rings is 1. The van der Waals surface area contributed by atoms with E-state index >= 15 is 0 Å². The lowest BCUT2D eigenvalue weighted by molar-refractivity contribution is 0.102. The molecule has 3 heterocycles. The van der Waals surface area contributed by atoms with Crippen LogP contribution in [0, 0.1) is 13.8 Å². The van der Waals surface area contributed by atoms with Crippen molar-refractivity contribution >= 4 is 40.6 Å². The molecule has 112 valence electrons. The topological polar surface area (TPSA) is 59.3 Å². The lowest BCUT2D eigenvalue weighted by Crippen LogP contribution is -2.16. The van der Waals surface area contributed by atoms with Crippen molar-refractivity contribution in [3.63, 3.8) is 0 Å². The molecule has 0 saturated heterocycles. The average molecular weight is 335 g/mol. The fraction of sp³-hybridized carbons (Fsp3) is 0.133. The molecule has 0 radical (unpaired) electrons. The first-order chi connectivity index (χ1) is 10.5. The summed E-state index contributed by atoms with van der Waals surface area (Å²) in [6, 6.07) is 5.24. The highest BCUT2D eigenvalue weighted by atomic mass is 35.5. The molecule has 0 fully saturated rings. The molecule has 0 aliphatic rings. The standard InChI is InChI=1S/C15H12Cl2N4O/c1-8-3-4-18-12(5-8)20-15(22)13-9(2)19-14-11(17)6-10(16)7-21(13)14/h3-7H,1-2H3,(H,18,20,22). The summed E-state index contributed by atoms with van der Waals surface area (Å²) in [7, 11) is 0. The number of halogens is 2. The van der Waals surface area contributed by atoms with E-state index in [1.54, 1.807) is 35.9 Å². The molecule has 0 saturated carbocycles. The van der Waals surface area contributed by atoms with Crippen molar-refractivity contribution in [3.8, 4) is 0 Å². The maximum atomic E-state index is 12.5. The summed E-state index contributed by atoms with van der Waals surface area (Å²) in [6.45, 7) is 3.67. The van der Waals surface area contributed by atoms with E-state index in [-0.39, 0.29) is 5.91 Å². The summed E-state index contributed by atoms with van der Waals surface area (Å²) in [4.78, 5) is 21.0. The van der Waals surface area contributed by atoms with Gasteiger partial charge in [-0.25, -0.2) is 9.97 Å². The number of hydrogen-bond donors (Lipinski definition) is 1. The van der Waals surface area contributed by atoms with Gasteiger partial charge in [0.1, 0.15) is 11.5 Å². The lowest BCUT2D eigenvalue weighted by atomic mass is 10.3. The Balaban J connectivity index is 2.06. The Morgan fingerprint density at radius 1 is 1.27 bits per heavy atom. The third-order valence-electron chi connectivity index (χ3n) is 3.19. The molecular formula is C15H12Cl2N4O. The maximum Gasteiger partial charge on any atom is 0.275 e. The maximum absolute atomic E-state index is 12.5. The van der Waals surface area contributed by atoms with Crippen LogP contribution in [0.3, 0.4) is 0 Å². The first-order valence-electron chi connectivity index (χ1n) is 6.53. The van der Waals surface area contributed by atoms with Crippen LogP contribution < -0.4 is 5.32 Å². The van der Waals surface area contributed by atoms with Crippen molar-refractivity contribution in [1.29, 1.82) is 0 Å². The largest absolute Gasteiger partial charge is 0.305 e. The molecule has 22 heavy (non-hydrogen) atoms. The molecule has 1 amide bonds. The third kappa shape index (κ3) is 2.65. The number of nitrogens with zero attached hydrogens (tertiary/aromatic N) is 3. The molecular weight excluding hydrogens is 323 g/mol. The molecule has 3 aromatic rings. The highest BCUT2D eigenvalue weighted by molar-refractivity contribution is 6.36. The van der Waals surface area contributed by atoms with E-state index in [1.807, 2.05) is 13.0 Å². The van der Waals surface area contributed by atoms with Gasteiger partial charge in [0.25, 0.3) is 5.91 Å². The Bertz CT molecular complexity index is 889. The molecule has 3 rings (SSSR count). The predicted molar refractivity (Wildman–Crippen MR) is 86.9 cm³/mol. The van der Waals surface area contributed by atoms with Crippen molar-refractivity contribution in [2.24, 2.45) is 0 Å². The van der Waals surface area contributed by atoms with Crippen LogP contribution in [0.2, 0.25) is 10.0 Å². The monoisotopic (exact) mass is 334 g/mol. The molecule has 0 aliphatic heterocycles. The van der Waals surface area contributed by atoms with Gasteiger partial charge in [-0.05, 0) is 37.6 Å². The first kappa shape index (κ1) is 14.8. The van der Waals surface area contributed by atoms with E-state index in [9.17, 15) is 4.79 Å². The van der Waals surface area contributed by atoms with E-state index < -0.39 is 0 Å². The number of carbonyl (C=O) groups is 1. The average Bonchev–Trinajstić information content (AvgIpc) is 2.75. The molecule has 0 atom stereocenters. The van der Waals surface area contributed by atoms with Crippen LogP contribution in [-0.4, -0.2) is 20.3 Å². The number of carbonyl (C=O) groups excluding carboxylic acids is 1. The molecule has 0 aliphatic carbocycles. The van der Waals surface area contributed by atoms with Crippen LogP contribution in [0.5, 0.6) is 0 Å². The zero-order valence-corrected chi connectivity index (χ0v) is 13.4. The van der Waals surface area contributed by atoms with Crippen LogP contribution in [0.25, 0.3) is 5.65 Å². The number of aryl methyl sites for hydroxylation is 2. The highest BCUT2D eigenvalue weighted by Gasteiger charge is 2.19. The number of fused-ring (bicyclic) bond motifs is 1. The van der Waals surface area contributed by atoms with E-state index in [1.165, 1.54) is 0 Å². The molecule has 0 bridgehead atoms. The van der Waals surface area contributed by atoms with Crippen LogP contribution in [0.4, 0.5) is 5.82 Å². The molecule has 1 N–H and O–H groups in total. The minimum absolute atomic E-state index is 0.318. The first-order valence-corrected chi connectivity index (χ1v) is 7.29. The lowest BCUT2D eigenvalue weighted by Gasteiger charge is -2.06. The molecule has 0 aromatic carbocycles. The number of anilines is 1.